The first-order valence-corrected chi connectivity index (χ1v) is 7.02. The van der Waals surface area contributed by atoms with Crippen LogP contribution in [0.1, 0.15) is 19.4 Å². The van der Waals surface area contributed by atoms with E-state index in [4.69, 9.17) is 9.84 Å². The Kier molecular flexibility index (Phi) is 4.81. The molecule has 112 valence electrons. The first-order valence-electron chi connectivity index (χ1n) is 7.02. The summed E-state index contributed by atoms with van der Waals surface area (Å²) in [4.78, 5) is 12.9. The van der Waals surface area contributed by atoms with Crippen LogP contribution in [0, 0.1) is 0 Å². The van der Waals surface area contributed by atoms with Gasteiger partial charge in [-0.3, -0.25) is 9.69 Å². The van der Waals surface area contributed by atoms with Gasteiger partial charge in [-0.15, -0.1) is 0 Å². The van der Waals surface area contributed by atoms with Gasteiger partial charge in [0.25, 0.3) is 0 Å². The molecule has 4 heteroatoms. The smallest absolute Gasteiger partial charge is 0.317 e. The normalized spacial score (nSPS) is 11.3. The number of aliphatic carboxylic acids is 1. The van der Waals surface area contributed by atoms with Crippen LogP contribution in [0.3, 0.4) is 0 Å². The van der Waals surface area contributed by atoms with Crippen LogP contribution in [-0.4, -0.2) is 35.7 Å². The van der Waals surface area contributed by atoms with Crippen molar-refractivity contribution >= 4 is 16.7 Å². The highest BCUT2D eigenvalue weighted by molar-refractivity contribution is 5.85. The maximum atomic E-state index is 11.0. The number of nitrogens with zero attached hydrogens (tertiary/aromatic N) is 1. The molecule has 0 aliphatic carbocycles. The molecule has 0 amide bonds. The van der Waals surface area contributed by atoms with Gasteiger partial charge in [-0.05, 0) is 36.8 Å². The number of ether oxygens (including phenoxy) is 1. The molecule has 0 atom stereocenters. The number of methoxy groups -OCH3 is 1. The summed E-state index contributed by atoms with van der Waals surface area (Å²) < 4.78 is 5.46. The summed E-state index contributed by atoms with van der Waals surface area (Å²) in [7, 11) is 1.64. The molecule has 0 aromatic heterocycles. The lowest BCUT2D eigenvalue weighted by molar-refractivity contribution is -0.138. The van der Waals surface area contributed by atoms with Crippen molar-refractivity contribution in [1.29, 1.82) is 0 Å². The fourth-order valence-corrected chi connectivity index (χ4v) is 2.39. The number of rotatable bonds is 6. The molecular weight excluding hydrogens is 266 g/mol. The average molecular weight is 287 g/mol. The van der Waals surface area contributed by atoms with Gasteiger partial charge in [-0.1, -0.05) is 24.3 Å². The minimum atomic E-state index is -0.816. The molecule has 2 rings (SSSR count). The molecule has 0 fully saturated rings. The van der Waals surface area contributed by atoms with Crippen LogP contribution in [0.4, 0.5) is 0 Å². The zero-order valence-electron chi connectivity index (χ0n) is 12.7. The maximum absolute atomic E-state index is 11.0. The molecule has 0 unspecified atom stereocenters. The second-order valence-electron chi connectivity index (χ2n) is 5.40. The molecule has 0 spiro atoms. The molecule has 1 N–H and O–H groups in total. The highest BCUT2D eigenvalue weighted by Gasteiger charge is 2.16. The third-order valence-corrected chi connectivity index (χ3v) is 3.59. The van der Waals surface area contributed by atoms with Crippen LogP contribution in [0.5, 0.6) is 5.75 Å². The minimum Gasteiger partial charge on any atom is -0.496 e. The van der Waals surface area contributed by atoms with Crippen LogP contribution < -0.4 is 4.74 Å². The van der Waals surface area contributed by atoms with E-state index in [9.17, 15) is 4.79 Å². The van der Waals surface area contributed by atoms with Gasteiger partial charge in [-0.2, -0.15) is 0 Å². The number of hydrogen-bond acceptors (Lipinski definition) is 3. The van der Waals surface area contributed by atoms with Crippen molar-refractivity contribution in [3.05, 3.63) is 42.0 Å². The summed E-state index contributed by atoms with van der Waals surface area (Å²) >= 11 is 0. The fraction of sp³-hybridized carbons (Fsp3) is 0.353. The predicted octanol–water partition coefficient (Wildman–Crippen LogP) is 3.14. The molecular formula is C17H21NO3. The van der Waals surface area contributed by atoms with Gasteiger partial charge >= 0.3 is 5.97 Å². The maximum Gasteiger partial charge on any atom is 0.317 e. The van der Waals surface area contributed by atoms with Crippen molar-refractivity contribution < 1.29 is 14.6 Å². The highest BCUT2D eigenvalue weighted by atomic mass is 16.5. The lowest BCUT2D eigenvalue weighted by Gasteiger charge is -2.25. The summed E-state index contributed by atoms with van der Waals surface area (Å²) in [5.74, 6) is -0.0202. The Morgan fingerprint density at radius 2 is 1.86 bits per heavy atom. The van der Waals surface area contributed by atoms with E-state index in [1.54, 1.807) is 7.11 Å². The lowest BCUT2D eigenvalue weighted by atomic mass is 10.0. The second-order valence-corrected chi connectivity index (χ2v) is 5.40. The molecule has 0 saturated carbocycles. The molecule has 2 aromatic carbocycles. The number of benzene rings is 2. The monoisotopic (exact) mass is 287 g/mol. The SMILES string of the molecule is COc1cc2ccccc2cc1CN(CC(=O)O)C(C)C. The standard InChI is InChI=1S/C17H21NO3/c1-12(2)18(11-17(19)20)10-15-8-13-6-4-5-7-14(13)9-16(15)21-3/h4-9,12H,10-11H2,1-3H3,(H,19,20). The first-order chi connectivity index (χ1) is 10.0. The Balaban J connectivity index is 2.36. The van der Waals surface area contributed by atoms with E-state index < -0.39 is 5.97 Å². The number of carboxylic acids is 1. The molecule has 0 bridgehead atoms. The van der Waals surface area contributed by atoms with E-state index in [0.29, 0.717) is 6.54 Å². The largest absolute Gasteiger partial charge is 0.496 e. The van der Waals surface area contributed by atoms with E-state index in [1.165, 1.54) is 0 Å². The number of fused-ring (bicyclic) bond motifs is 1. The highest BCUT2D eigenvalue weighted by Crippen LogP contribution is 2.27. The van der Waals surface area contributed by atoms with Gasteiger partial charge in [0.15, 0.2) is 0 Å². The fourth-order valence-electron chi connectivity index (χ4n) is 2.39. The molecule has 0 saturated heterocycles. The van der Waals surface area contributed by atoms with Crippen molar-refractivity contribution in [2.75, 3.05) is 13.7 Å². The lowest BCUT2D eigenvalue weighted by Crippen LogP contribution is -2.35. The van der Waals surface area contributed by atoms with Crippen molar-refractivity contribution in [3.63, 3.8) is 0 Å². The summed E-state index contributed by atoms with van der Waals surface area (Å²) in [6, 6.07) is 12.3. The first kappa shape index (κ1) is 15.3. The average Bonchev–Trinajstić information content (AvgIpc) is 2.45. The molecule has 21 heavy (non-hydrogen) atoms. The summed E-state index contributed by atoms with van der Waals surface area (Å²) in [5, 5.41) is 11.3. The molecule has 0 aliphatic rings. The van der Waals surface area contributed by atoms with Crippen LogP contribution in [-0.2, 0) is 11.3 Å². The van der Waals surface area contributed by atoms with Gasteiger partial charge in [0.05, 0.1) is 13.7 Å². The van der Waals surface area contributed by atoms with E-state index in [1.807, 2.05) is 43.0 Å². The summed E-state index contributed by atoms with van der Waals surface area (Å²) in [6.45, 7) is 4.57. The zero-order valence-corrected chi connectivity index (χ0v) is 12.7. The van der Waals surface area contributed by atoms with Crippen LogP contribution >= 0.6 is 0 Å². The number of carbonyl (C=O) groups is 1. The number of hydrogen-bond donors (Lipinski definition) is 1. The third kappa shape index (κ3) is 3.73. The van der Waals surface area contributed by atoms with Crippen LogP contribution in [0.2, 0.25) is 0 Å². The van der Waals surface area contributed by atoms with Crippen molar-refractivity contribution in [1.82, 2.24) is 4.90 Å². The molecule has 0 heterocycles. The van der Waals surface area contributed by atoms with Gasteiger partial charge in [-0.25, -0.2) is 0 Å². The predicted molar refractivity (Wildman–Crippen MR) is 83.7 cm³/mol. The van der Waals surface area contributed by atoms with E-state index in [2.05, 4.69) is 12.1 Å². The quantitative estimate of drug-likeness (QED) is 0.886. The van der Waals surface area contributed by atoms with Gasteiger partial charge in [0, 0.05) is 18.2 Å². The van der Waals surface area contributed by atoms with Crippen LogP contribution in [0.15, 0.2) is 36.4 Å². The molecule has 2 aromatic rings. The zero-order chi connectivity index (χ0) is 15.4. The Labute approximate surface area is 124 Å². The Morgan fingerprint density at radius 1 is 1.24 bits per heavy atom. The van der Waals surface area contributed by atoms with E-state index in [-0.39, 0.29) is 12.6 Å². The second kappa shape index (κ2) is 6.59. The molecule has 4 nitrogen and oxygen atoms in total. The number of carboxylic acid groups (broad SMARTS) is 1. The van der Waals surface area contributed by atoms with Crippen molar-refractivity contribution in [3.8, 4) is 5.75 Å². The molecule has 0 radical (unpaired) electrons. The van der Waals surface area contributed by atoms with Gasteiger partial charge < -0.3 is 9.84 Å². The third-order valence-electron chi connectivity index (χ3n) is 3.59. The van der Waals surface area contributed by atoms with Crippen LogP contribution in [0.25, 0.3) is 10.8 Å². The Hall–Kier alpha value is -2.07. The minimum absolute atomic E-state index is 0.0215. The van der Waals surface area contributed by atoms with E-state index in [0.717, 1.165) is 22.1 Å². The summed E-state index contributed by atoms with van der Waals surface area (Å²) in [5.41, 5.74) is 1.01. The van der Waals surface area contributed by atoms with Crippen molar-refractivity contribution in [2.24, 2.45) is 0 Å². The topological polar surface area (TPSA) is 49.8 Å². The summed E-state index contributed by atoms with van der Waals surface area (Å²) in [6.07, 6.45) is 0. The van der Waals surface area contributed by atoms with Gasteiger partial charge in [0.1, 0.15) is 5.75 Å². The molecule has 0 aliphatic heterocycles. The van der Waals surface area contributed by atoms with E-state index >= 15 is 0 Å². The van der Waals surface area contributed by atoms with Crippen molar-refractivity contribution in [2.45, 2.75) is 26.4 Å². The Morgan fingerprint density at radius 3 is 2.38 bits per heavy atom. The Bertz CT molecular complexity index is 637. The van der Waals surface area contributed by atoms with Gasteiger partial charge in [0.2, 0.25) is 0 Å².